The Kier molecular flexibility index (Phi) is 6.90. The summed E-state index contributed by atoms with van der Waals surface area (Å²) in [6.07, 6.45) is 0.184. The lowest BCUT2D eigenvalue weighted by Crippen LogP contribution is -2.35. The third-order valence-corrected chi connectivity index (χ3v) is 5.94. The summed E-state index contributed by atoms with van der Waals surface area (Å²) >= 11 is 0. The fourth-order valence-corrected chi connectivity index (χ4v) is 4.29. The predicted octanol–water partition coefficient (Wildman–Crippen LogP) is 1.04. The van der Waals surface area contributed by atoms with Crippen LogP contribution in [0.15, 0.2) is 35.1 Å². The highest BCUT2D eigenvalue weighted by molar-refractivity contribution is 5.83. The number of rotatable bonds is 6. The van der Waals surface area contributed by atoms with E-state index >= 15 is 0 Å². The SMILES string of the molecule is Cc1cc(C)n(CCC(=O)N2C[C@H](C(=O)N(C)C)[C@@H](c3cccc(CN)c3)C2)c(=O)n1. The minimum atomic E-state index is -0.344. The molecule has 0 radical (unpaired) electrons. The van der Waals surface area contributed by atoms with Gasteiger partial charge in [-0.15, -0.1) is 0 Å². The van der Waals surface area contributed by atoms with Crippen LogP contribution in [0, 0.1) is 19.8 Å². The molecular weight excluding hydrogens is 394 g/mol. The molecule has 8 heteroatoms. The van der Waals surface area contributed by atoms with E-state index in [0.717, 1.165) is 16.8 Å². The largest absolute Gasteiger partial charge is 0.349 e. The summed E-state index contributed by atoms with van der Waals surface area (Å²) in [4.78, 5) is 45.3. The van der Waals surface area contributed by atoms with E-state index in [1.165, 1.54) is 4.57 Å². The van der Waals surface area contributed by atoms with Crippen LogP contribution in [0.1, 0.15) is 34.9 Å². The molecule has 31 heavy (non-hydrogen) atoms. The van der Waals surface area contributed by atoms with E-state index in [0.29, 0.717) is 25.3 Å². The topological polar surface area (TPSA) is 102 Å². The molecule has 1 fully saturated rings. The minimum absolute atomic E-state index is 0.00764. The van der Waals surface area contributed by atoms with E-state index in [4.69, 9.17) is 5.73 Å². The van der Waals surface area contributed by atoms with Crippen molar-refractivity contribution in [2.24, 2.45) is 11.7 Å². The molecule has 1 saturated heterocycles. The van der Waals surface area contributed by atoms with Crippen LogP contribution in [-0.2, 0) is 22.7 Å². The van der Waals surface area contributed by atoms with Crippen LogP contribution in [0.2, 0.25) is 0 Å². The Bertz CT molecular complexity index is 1030. The quantitative estimate of drug-likeness (QED) is 0.745. The molecule has 2 atom stereocenters. The lowest BCUT2D eigenvalue weighted by molar-refractivity contribution is -0.133. The van der Waals surface area contributed by atoms with Gasteiger partial charge in [-0.05, 0) is 31.0 Å². The summed E-state index contributed by atoms with van der Waals surface area (Å²) in [5.74, 6) is -0.456. The molecule has 0 bridgehead atoms. The molecular formula is C23H31N5O3. The first-order chi connectivity index (χ1) is 14.7. The van der Waals surface area contributed by atoms with Gasteiger partial charge in [-0.3, -0.25) is 14.2 Å². The van der Waals surface area contributed by atoms with Crippen molar-refractivity contribution in [3.05, 3.63) is 63.3 Å². The molecule has 0 spiro atoms. The van der Waals surface area contributed by atoms with E-state index in [9.17, 15) is 14.4 Å². The van der Waals surface area contributed by atoms with Gasteiger partial charge in [0, 0.05) is 64.0 Å². The first-order valence-electron chi connectivity index (χ1n) is 10.5. The van der Waals surface area contributed by atoms with Crippen molar-refractivity contribution < 1.29 is 9.59 Å². The summed E-state index contributed by atoms with van der Waals surface area (Å²) < 4.78 is 1.52. The number of aromatic nitrogens is 2. The summed E-state index contributed by atoms with van der Waals surface area (Å²) in [6.45, 7) is 5.14. The normalized spacial score (nSPS) is 18.3. The lowest BCUT2D eigenvalue weighted by Gasteiger charge is -2.21. The number of likely N-dealkylation sites (tertiary alicyclic amines) is 1. The molecule has 2 amide bonds. The van der Waals surface area contributed by atoms with Gasteiger partial charge in [-0.2, -0.15) is 4.98 Å². The Hall–Kier alpha value is -3.00. The number of hydrogen-bond donors (Lipinski definition) is 1. The molecule has 2 N–H and O–H groups in total. The lowest BCUT2D eigenvalue weighted by atomic mass is 9.87. The Morgan fingerprint density at radius 3 is 2.58 bits per heavy atom. The van der Waals surface area contributed by atoms with Gasteiger partial charge in [-0.1, -0.05) is 24.3 Å². The Balaban J connectivity index is 1.78. The van der Waals surface area contributed by atoms with Crippen molar-refractivity contribution in [1.82, 2.24) is 19.4 Å². The van der Waals surface area contributed by atoms with Crippen molar-refractivity contribution in [2.45, 2.75) is 39.3 Å². The predicted molar refractivity (Wildman–Crippen MR) is 118 cm³/mol. The molecule has 2 aromatic rings. The second kappa shape index (κ2) is 9.43. The Labute approximate surface area is 182 Å². The maximum absolute atomic E-state index is 13.0. The minimum Gasteiger partial charge on any atom is -0.349 e. The smallest absolute Gasteiger partial charge is 0.347 e. The molecule has 0 unspecified atom stereocenters. The van der Waals surface area contributed by atoms with Crippen molar-refractivity contribution in [3.8, 4) is 0 Å². The number of nitrogens with two attached hydrogens (primary N) is 1. The zero-order valence-electron chi connectivity index (χ0n) is 18.7. The number of carbonyl (C=O) groups excluding carboxylic acids is 2. The van der Waals surface area contributed by atoms with E-state index in [1.807, 2.05) is 37.3 Å². The molecule has 3 rings (SSSR count). The number of nitrogens with zero attached hydrogens (tertiary/aromatic N) is 4. The highest BCUT2D eigenvalue weighted by Crippen LogP contribution is 2.34. The maximum atomic E-state index is 13.0. The van der Waals surface area contributed by atoms with Crippen LogP contribution in [0.25, 0.3) is 0 Å². The molecule has 0 aliphatic carbocycles. The molecule has 1 aromatic heterocycles. The summed E-state index contributed by atoms with van der Waals surface area (Å²) in [5, 5.41) is 0. The van der Waals surface area contributed by atoms with Crippen molar-refractivity contribution in [3.63, 3.8) is 0 Å². The molecule has 1 aromatic carbocycles. The van der Waals surface area contributed by atoms with Gasteiger partial charge in [-0.25, -0.2) is 4.79 Å². The van der Waals surface area contributed by atoms with Crippen LogP contribution in [0.3, 0.4) is 0 Å². The molecule has 0 saturated carbocycles. The molecule has 1 aliphatic heterocycles. The third kappa shape index (κ3) is 5.02. The summed E-state index contributed by atoms with van der Waals surface area (Å²) in [6, 6.07) is 9.75. The average molecular weight is 426 g/mol. The van der Waals surface area contributed by atoms with Crippen LogP contribution in [0.5, 0.6) is 0 Å². The van der Waals surface area contributed by atoms with Crippen LogP contribution in [0.4, 0.5) is 0 Å². The van der Waals surface area contributed by atoms with Crippen LogP contribution >= 0.6 is 0 Å². The highest BCUT2D eigenvalue weighted by Gasteiger charge is 2.40. The molecule has 8 nitrogen and oxygen atoms in total. The molecule has 1 aliphatic rings. The van der Waals surface area contributed by atoms with Gasteiger partial charge in [0.05, 0.1) is 5.92 Å². The number of benzene rings is 1. The van der Waals surface area contributed by atoms with Crippen LogP contribution < -0.4 is 11.4 Å². The molecule has 2 heterocycles. The number of aryl methyl sites for hydroxylation is 2. The van der Waals surface area contributed by atoms with Gasteiger partial charge in [0.15, 0.2) is 0 Å². The zero-order valence-corrected chi connectivity index (χ0v) is 18.7. The fraction of sp³-hybridized carbons (Fsp3) is 0.478. The number of amides is 2. The Morgan fingerprint density at radius 2 is 1.94 bits per heavy atom. The summed E-state index contributed by atoms with van der Waals surface area (Å²) in [5.41, 5.74) is 8.91. The monoisotopic (exact) mass is 425 g/mol. The van der Waals surface area contributed by atoms with Gasteiger partial charge >= 0.3 is 5.69 Å². The fourth-order valence-electron chi connectivity index (χ4n) is 4.29. The van der Waals surface area contributed by atoms with E-state index in [1.54, 1.807) is 30.8 Å². The van der Waals surface area contributed by atoms with Gasteiger partial charge in [0.25, 0.3) is 0 Å². The Morgan fingerprint density at radius 1 is 1.19 bits per heavy atom. The zero-order chi connectivity index (χ0) is 22.7. The second-order valence-electron chi connectivity index (χ2n) is 8.42. The maximum Gasteiger partial charge on any atom is 0.347 e. The molecule has 166 valence electrons. The van der Waals surface area contributed by atoms with Crippen molar-refractivity contribution >= 4 is 11.8 Å². The first-order valence-corrected chi connectivity index (χ1v) is 10.5. The van der Waals surface area contributed by atoms with Crippen LogP contribution in [-0.4, -0.2) is 58.4 Å². The van der Waals surface area contributed by atoms with Gasteiger partial charge < -0.3 is 15.5 Å². The van der Waals surface area contributed by atoms with Gasteiger partial charge in [0.2, 0.25) is 11.8 Å². The van der Waals surface area contributed by atoms with Crippen molar-refractivity contribution in [2.75, 3.05) is 27.2 Å². The number of carbonyl (C=O) groups is 2. The highest BCUT2D eigenvalue weighted by atomic mass is 16.2. The van der Waals surface area contributed by atoms with E-state index in [2.05, 4.69) is 4.98 Å². The van der Waals surface area contributed by atoms with Crippen molar-refractivity contribution in [1.29, 1.82) is 0 Å². The van der Waals surface area contributed by atoms with Gasteiger partial charge in [0.1, 0.15) is 0 Å². The van der Waals surface area contributed by atoms with E-state index in [-0.39, 0.29) is 42.3 Å². The average Bonchev–Trinajstić information content (AvgIpc) is 3.17. The number of hydrogen-bond acceptors (Lipinski definition) is 5. The van der Waals surface area contributed by atoms with E-state index < -0.39 is 0 Å². The summed E-state index contributed by atoms with van der Waals surface area (Å²) in [7, 11) is 3.47. The third-order valence-electron chi connectivity index (χ3n) is 5.94. The standard InChI is InChI=1S/C23H31N5O3/c1-15-10-16(2)28(23(31)25-15)9-8-21(29)27-13-19(20(14-27)22(30)26(3)4)18-7-5-6-17(11-18)12-24/h5-7,10-11,19-20H,8-9,12-14,24H2,1-4H3/t19-,20+/m1/s1. The first kappa shape index (κ1) is 22.7. The second-order valence-corrected chi connectivity index (χ2v) is 8.42.